The van der Waals surface area contributed by atoms with E-state index < -0.39 is 0 Å². The first-order chi connectivity index (χ1) is 11.2. The molecule has 0 aliphatic heterocycles. The summed E-state index contributed by atoms with van der Waals surface area (Å²) in [5.41, 5.74) is 1.15. The third kappa shape index (κ3) is 3.98. The van der Waals surface area contributed by atoms with Crippen molar-refractivity contribution < 1.29 is 14.3 Å². The first-order valence-electron chi connectivity index (χ1n) is 7.22. The molecule has 0 saturated carbocycles. The average Bonchev–Trinajstić information content (AvgIpc) is 2.60. The highest BCUT2D eigenvalue weighted by atomic mass is 16.5. The van der Waals surface area contributed by atoms with Gasteiger partial charge in [0.2, 0.25) is 5.78 Å². The molecule has 0 fully saturated rings. The van der Waals surface area contributed by atoms with Crippen LogP contribution in [0.3, 0.4) is 0 Å². The maximum Gasteiger partial charge on any atom is 0.203 e. The van der Waals surface area contributed by atoms with Crippen LogP contribution in [0.2, 0.25) is 0 Å². The number of ketones is 1. The first-order valence-corrected chi connectivity index (χ1v) is 7.22. The van der Waals surface area contributed by atoms with Gasteiger partial charge in [0.05, 0.1) is 13.7 Å². The van der Waals surface area contributed by atoms with Crippen molar-refractivity contribution in [3.63, 3.8) is 0 Å². The fourth-order valence-corrected chi connectivity index (χ4v) is 2.11. The molecule has 0 spiro atoms. The minimum atomic E-state index is -0.349. The van der Waals surface area contributed by atoms with Crippen LogP contribution < -0.4 is 9.47 Å². The van der Waals surface area contributed by atoms with Gasteiger partial charge in [0.1, 0.15) is 23.1 Å². The Balaban J connectivity index is 2.39. The third-order valence-electron chi connectivity index (χ3n) is 3.22. The van der Waals surface area contributed by atoms with Gasteiger partial charge in [0, 0.05) is 11.1 Å². The predicted octanol–water partition coefficient (Wildman–Crippen LogP) is 3.88. The Morgan fingerprint density at radius 1 is 1.22 bits per heavy atom. The first kappa shape index (κ1) is 16.3. The number of allylic oxidation sites excluding steroid dienone is 1. The quantitative estimate of drug-likeness (QED) is 0.461. The molecule has 0 heterocycles. The van der Waals surface area contributed by atoms with Gasteiger partial charge in [-0.3, -0.25) is 4.79 Å². The lowest BCUT2D eigenvalue weighted by atomic mass is 10.0. The van der Waals surface area contributed by atoms with Crippen molar-refractivity contribution in [1.82, 2.24) is 0 Å². The van der Waals surface area contributed by atoms with Gasteiger partial charge in [0.25, 0.3) is 0 Å². The number of Topliss-reactive ketones (excluding diaryl/α,β-unsaturated/α-hetero) is 1. The Labute approximate surface area is 135 Å². The average molecular weight is 307 g/mol. The molecule has 116 valence electrons. The lowest BCUT2D eigenvalue weighted by molar-refractivity contribution is 0.103. The largest absolute Gasteiger partial charge is 0.497 e. The van der Waals surface area contributed by atoms with Crippen LogP contribution in [0.1, 0.15) is 22.8 Å². The minimum Gasteiger partial charge on any atom is -0.497 e. The summed E-state index contributed by atoms with van der Waals surface area (Å²) in [7, 11) is 1.53. The van der Waals surface area contributed by atoms with Gasteiger partial charge in [0.15, 0.2) is 0 Å². The second kappa shape index (κ2) is 7.81. The molecular formula is C19H17NO3. The summed E-state index contributed by atoms with van der Waals surface area (Å²) in [4.78, 5) is 12.5. The molecule has 23 heavy (non-hydrogen) atoms. The van der Waals surface area contributed by atoms with E-state index in [0.717, 1.165) is 0 Å². The Morgan fingerprint density at radius 3 is 2.70 bits per heavy atom. The minimum absolute atomic E-state index is 0.0467. The number of rotatable bonds is 6. The summed E-state index contributed by atoms with van der Waals surface area (Å²) in [6, 6.07) is 16.0. The monoisotopic (exact) mass is 307 g/mol. The highest BCUT2D eigenvalue weighted by Crippen LogP contribution is 2.23. The summed E-state index contributed by atoms with van der Waals surface area (Å²) >= 11 is 0. The van der Waals surface area contributed by atoms with Crippen molar-refractivity contribution in [2.24, 2.45) is 0 Å². The summed E-state index contributed by atoms with van der Waals surface area (Å²) < 4.78 is 10.6. The Hall–Kier alpha value is -3.06. The number of benzene rings is 2. The van der Waals surface area contributed by atoms with Gasteiger partial charge in [-0.25, -0.2) is 0 Å². The number of para-hydroxylation sites is 1. The summed E-state index contributed by atoms with van der Waals surface area (Å²) in [5.74, 6) is 0.863. The molecule has 0 unspecified atom stereocenters. The Bertz CT molecular complexity index is 772. The van der Waals surface area contributed by atoms with Gasteiger partial charge < -0.3 is 9.47 Å². The standard InChI is InChI=1S/C19H17NO3/c1-3-23-18-10-5-4-7-14(18)11-16(13-20)19(21)15-8-6-9-17(12-15)22-2/h4-12H,3H2,1-2H3. The van der Waals surface area contributed by atoms with Crippen molar-refractivity contribution in [2.45, 2.75) is 6.92 Å². The number of nitrogens with zero attached hydrogens (tertiary/aromatic N) is 1. The molecule has 0 aliphatic carbocycles. The van der Waals surface area contributed by atoms with E-state index in [4.69, 9.17) is 9.47 Å². The molecular weight excluding hydrogens is 290 g/mol. The van der Waals surface area contributed by atoms with Gasteiger partial charge >= 0.3 is 0 Å². The van der Waals surface area contributed by atoms with E-state index in [1.165, 1.54) is 7.11 Å². The van der Waals surface area contributed by atoms with Crippen molar-refractivity contribution in [1.29, 1.82) is 5.26 Å². The van der Waals surface area contributed by atoms with Crippen molar-refractivity contribution in [2.75, 3.05) is 13.7 Å². The molecule has 2 aromatic carbocycles. The molecule has 2 aromatic rings. The number of hydrogen-bond acceptors (Lipinski definition) is 4. The zero-order chi connectivity index (χ0) is 16.7. The maximum absolute atomic E-state index is 12.5. The third-order valence-corrected chi connectivity index (χ3v) is 3.22. The second-order valence-corrected chi connectivity index (χ2v) is 4.70. The summed E-state index contributed by atoms with van der Waals surface area (Å²) in [6.07, 6.45) is 1.55. The van der Waals surface area contributed by atoms with Crippen LogP contribution in [0.4, 0.5) is 0 Å². The number of carbonyl (C=O) groups excluding carboxylic acids is 1. The van der Waals surface area contributed by atoms with E-state index in [9.17, 15) is 10.1 Å². The molecule has 0 aromatic heterocycles. The number of hydrogen-bond donors (Lipinski definition) is 0. The molecule has 0 N–H and O–H groups in total. The number of carbonyl (C=O) groups is 1. The molecule has 0 amide bonds. The van der Waals surface area contributed by atoms with Gasteiger partial charge in [-0.2, -0.15) is 5.26 Å². The number of ether oxygens (including phenoxy) is 2. The Morgan fingerprint density at radius 2 is 2.00 bits per heavy atom. The zero-order valence-electron chi connectivity index (χ0n) is 13.1. The normalized spacial score (nSPS) is 10.7. The Kier molecular flexibility index (Phi) is 5.54. The lowest BCUT2D eigenvalue weighted by Crippen LogP contribution is -2.03. The topological polar surface area (TPSA) is 59.3 Å². The smallest absolute Gasteiger partial charge is 0.203 e. The lowest BCUT2D eigenvalue weighted by Gasteiger charge is -2.07. The van der Waals surface area contributed by atoms with E-state index >= 15 is 0 Å². The number of methoxy groups -OCH3 is 1. The molecule has 0 bridgehead atoms. The van der Waals surface area contributed by atoms with Crippen LogP contribution in [0.5, 0.6) is 11.5 Å². The highest BCUT2D eigenvalue weighted by molar-refractivity contribution is 6.14. The van der Waals surface area contributed by atoms with Gasteiger partial charge in [-0.1, -0.05) is 30.3 Å². The van der Waals surface area contributed by atoms with Gasteiger partial charge in [-0.15, -0.1) is 0 Å². The summed E-state index contributed by atoms with van der Waals surface area (Å²) in [6.45, 7) is 2.39. The van der Waals surface area contributed by atoms with Gasteiger partial charge in [-0.05, 0) is 31.2 Å². The van der Waals surface area contributed by atoms with E-state index in [1.54, 1.807) is 42.5 Å². The van der Waals surface area contributed by atoms with Crippen LogP contribution in [0.25, 0.3) is 6.08 Å². The van der Waals surface area contributed by atoms with Crippen molar-refractivity contribution in [3.8, 4) is 17.6 Å². The van der Waals surface area contributed by atoms with Crippen molar-refractivity contribution >= 4 is 11.9 Å². The fourth-order valence-electron chi connectivity index (χ4n) is 2.11. The zero-order valence-corrected chi connectivity index (χ0v) is 13.1. The molecule has 0 saturated heterocycles. The van der Waals surface area contributed by atoms with Crippen molar-refractivity contribution in [3.05, 3.63) is 65.2 Å². The SMILES string of the molecule is CCOc1ccccc1C=C(C#N)C(=O)c1cccc(OC)c1. The maximum atomic E-state index is 12.5. The second-order valence-electron chi connectivity index (χ2n) is 4.70. The van der Waals surface area contributed by atoms with Crippen LogP contribution in [-0.4, -0.2) is 19.5 Å². The van der Waals surface area contributed by atoms with Crippen LogP contribution in [-0.2, 0) is 0 Å². The molecule has 2 rings (SSSR count). The van der Waals surface area contributed by atoms with E-state index in [0.29, 0.717) is 29.2 Å². The fraction of sp³-hybridized carbons (Fsp3) is 0.158. The van der Waals surface area contributed by atoms with E-state index in [-0.39, 0.29) is 11.4 Å². The van der Waals surface area contributed by atoms with Crippen LogP contribution >= 0.6 is 0 Å². The molecule has 0 atom stereocenters. The van der Waals surface area contributed by atoms with Crippen LogP contribution in [0, 0.1) is 11.3 Å². The molecule has 0 aliphatic rings. The van der Waals surface area contributed by atoms with E-state index in [2.05, 4.69) is 0 Å². The molecule has 0 radical (unpaired) electrons. The summed E-state index contributed by atoms with van der Waals surface area (Å²) in [5, 5.41) is 9.36. The number of nitriles is 1. The molecule has 4 nitrogen and oxygen atoms in total. The predicted molar refractivity (Wildman–Crippen MR) is 88.5 cm³/mol. The van der Waals surface area contributed by atoms with E-state index in [1.807, 2.05) is 25.1 Å². The highest BCUT2D eigenvalue weighted by Gasteiger charge is 2.14. The van der Waals surface area contributed by atoms with Crippen LogP contribution in [0.15, 0.2) is 54.1 Å². The molecule has 4 heteroatoms.